The first kappa shape index (κ1) is 16.5. The molecule has 0 aliphatic carbocycles. The number of hydrogen-bond donors (Lipinski definition) is 1. The smallest absolute Gasteiger partial charge is 0.222 e. The minimum atomic E-state index is -0.0496. The zero-order valence-corrected chi connectivity index (χ0v) is 14.5. The van der Waals surface area contributed by atoms with Crippen molar-refractivity contribution >= 4 is 28.5 Å². The molecule has 1 N–H and O–H groups in total. The Morgan fingerprint density at radius 1 is 1.17 bits per heavy atom. The number of halogens is 1. The molecule has 5 heteroatoms. The molecule has 3 rings (SSSR count). The van der Waals surface area contributed by atoms with E-state index < -0.39 is 0 Å². The van der Waals surface area contributed by atoms with Crippen molar-refractivity contribution in [2.24, 2.45) is 5.92 Å². The van der Waals surface area contributed by atoms with Crippen molar-refractivity contribution in [1.82, 2.24) is 14.9 Å². The number of imidazole rings is 1. The zero-order valence-electron chi connectivity index (χ0n) is 13.8. The van der Waals surface area contributed by atoms with E-state index in [1.165, 1.54) is 0 Å². The van der Waals surface area contributed by atoms with Crippen LogP contribution < -0.4 is 5.32 Å². The van der Waals surface area contributed by atoms with Crippen molar-refractivity contribution in [3.8, 4) is 0 Å². The number of carbonyl (C=O) groups excluding carboxylic acids is 1. The minimum absolute atomic E-state index is 0.0198. The second-order valence-electron chi connectivity index (χ2n) is 6.07. The SMILES string of the molecule is CC(C)C(=O)NCc1nc2ccccc2n1Cc1ccccc1Cl. The molecule has 2 aromatic carbocycles. The summed E-state index contributed by atoms with van der Waals surface area (Å²) in [5.74, 6) is 0.794. The molecule has 0 aliphatic rings. The highest BCUT2D eigenvalue weighted by molar-refractivity contribution is 6.31. The van der Waals surface area contributed by atoms with Gasteiger partial charge in [-0.1, -0.05) is 55.8 Å². The highest BCUT2D eigenvalue weighted by Gasteiger charge is 2.14. The number of aromatic nitrogens is 2. The van der Waals surface area contributed by atoms with Crippen LogP contribution in [0.25, 0.3) is 11.0 Å². The molecule has 0 unspecified atom stereocenters. The molecule has 0 saturated carbocycles. The lowest BCUT2D eigenvalue weighted by Crippen LogP contribution is -2.28. The number of nitrogens with one attached hydrogen (secondary N) is 1. The molecule has 24 heavy (non-hydrogen) atoms. The van der Waals surface area contributed by atoms with Gasteiger partial charge in [0.1, 0.15) is 5.82 Å². The Hall–Kier alpha value is -2.33. The Balaban J connectivity index is 1.96. The maximum atomic E-state index is 11.9. The first-order valence-electron chi connectivity index (χ1n) is 8.01. The maximum absolute atomic E-state index is 11.9. The van der Waals surface area contributed by atoms with Gasteiger partial charge in [0.2, 0.25) is 5.91 Å². The monoisotopic (exact) mass is 341 g/mol. The predicted molar refractivity (Wildman–Crippen MR) is 97.0 cm³/mol. The van der Waals surface area contributed by atoms with E-state index in [1.54, 1.807) is 0 Å². The van der Waals surface area contributed by atoms with Crippen molar-refractivity contribution in [1.29, 1.82) is 0 Å². The molecule has 1 aromatic heterocycles. The van der Waals surface area contributed by atoms with Gasteiger partial charge in [0, 0.05) is 10.9 Å². The van der Waals surface area contributed by atoms with Gasteiger partial charge < -0.3 is 9.88 Å². The molecule has 0 aliphatic heterocycles. The van der Waals surface area contributed by atoms with E-state index in [-0.39, 0.29) is 11.8 Å². The topological polar surface area (TPSA) is 46.9 Å². The molecule has 0 saturated heterocycles. The Kier molecular flexibility index (Phi) is 4.86. The molecule has 1 heterocycles. The second-order valence-corrected chi connectivity index (χ2v) is 6.47. The Labute approximate surface area is 146 Å². The Morgan fingerprint density at radius 2 is 1.88 bits per heavy atom. The largest absolute Gasteiger partial charge is 0.349 e. The number of fused-ring (bicyclic) bond motifs is 1. The van der Waals surface area contributed by atoms with Crippen molar-refractivity contribution in [3.05, 3.63) is 64.9 Å². The van der Waals surface area contributed by atoms with Gasteiger partial charge in [-0.3, -0.25) is 4.79 Å². The molecule has 4 nitrogen and oxygen atoms in total. The van der Waals surface area contributed by atoms with Crippen LogP contribution in [0.2, 0.25) is 5.02 Å². The normalized spacial score (nSPS) is 11.2. The molecule has 3 aromatic rings. The van der Waals surface area contributed by atoms with Crippen LogP contribution >= 0.6 is 11.6 Å². The summed E-state index contributed by atoms with van der Waals surface area (Å²) in [6, 6.07) is 15.8. The van der Waals surface area contributed by atoms with Gasteiger partial charge in [0.25, 0.3) is 0 Å². The van der Waals surface area contributed by atoms with Crippen LogP contribution in [-0.4, -0.2) is 15.5 Å². The summed E-state index contributed by atoms with van der Waals surface area (Å²) in [5.41, 5.74) is 2.98. The average Bonchev–Trinajstić information content (AvgIpc) is 2.92. The first-order valence-corrected chi connectivity index (χ1v) is 8.39. The van der Waals surface area contributed by atoms with Crippen LogP contribution in [0.5, 0.6) is 0 Å². The van der Waals surface area contributed by atoms with Crippen LogP contribution in [0.15, 0.2) is 48.5 Å². The van der Waals surface area contributed by atoms with Crippen molar-refractivity contribution in [3.63, 3.8) is 0 Å². The fourth-order valence-electron chi connectivity index (χ4n) is 2.60. The molecular formula is C19H20ClN3O. The summed E-state index contributed by atoms with van der Waals surface area (Å²) >= 11 is 6.31. The van der Waals surface area contributed by atoms with Gasteiger partial charge in [0.15, 0.2) is 0 Å². The maximum Gasteiger partial charge on any atom is 0.222 e. The fourth-order valence-corrected chi connectivity index (χ4v) is 2.80. The van der Waals surface area contributed by atoms with Crippen LogP contribution in [-0.2, 0) is 17.9 Å². The lowest BCUT2D eigenvalue weighted by atomic mass is 10.2. The highest BCUT2D eigenvalue weighted by Crippen LogP contribution is 2.21. The molecule has 0 atom stereocenters. The third kappa shape index (κ3) is 3.44. The van der Waals surface area contributed by atoms with Gasteiger partial charge in [0.05, 0.1) is 24.1 Å². The number of benzene rings is 2. The summed E-state index contributed by atoms with van der Waals surface area (Å²) < 4.78 is 2.11. The van der Waals surface area contributed by atoms with Gasteiger partial charge in [-0.15, -0.1) is 0 Å². The number of rotatable bonds is 5. The van der Waals surface area contributed by atoms with Gasteiger partial charge in [-0.25, -0.2) is 4.98 Å². The lowest BCUT2D eigenvalue weighted by molar-refractivity contribution is -0.124. The van der Waals surface area contributed by atoms with Gasteiger partial charge >= 0.3 is 0 Å². The molecule has 0 radical (unpaired) electrons. The lowest BCUT2D eigenvalue weighted by Gasteiger charge is -2.12. The molecule has 0 fully saturated rings. The molecule has 0 bridgehead atoms. The van der Waals surface area contributed by atoms with Gasteiger partial charge in [-0.2, -0.15) is 0 Å². The first-order chi connectivity index (χ1) is 11.6. The number of para-hydroxylation sites is 2. The summed E-state index contributed by atoms with van der Waals surface area (Å²) in [6.07, 6.45) is 0. The third-order valence-corrected chi connectivity index (χ3v) is 4.33. The summed E-state index contributed by atoms with van der Waals surface area (Å²) in [4.78, 5) is 16.6. The van der Waals surface area contributed by atoms with E-state index >= 15 is 0 Å². The molecule has 1 amide bonds. The summed E-state index contributed by atoms with van der Waals surface area (Å²) in [5, 5.41) is 3.67. The van der Waals surface area contributed by atoms with Crippen LogP contribution in [0.4, 0.5) is 0 Å². The number of amides is 1. The quantitative estimate of drug-likeness (QED) is 0.762. The van der Waals surface area contributed by atoms with E-state index in [1.807, 2.05) is 62.4 Å². The van der Waals surface area contributed by atoms with E-state index in [4.69, 9.17) is 11.6 Å². The van der Waals surface area contributed by atoms with Gasteiger partial charge in [-0.05, 0) is 23.8 Å². The average molecular weight is 342 g/mol. The fraction of sp³-hybridized carbons (Fsp3) is 0.263. The van der Waals surface area contributed by atoms with Crippen molar-refractivity contribution in [2.45, 2.75) is 26.9 Å². The number of hydrogen-bond acceptors (Lipinski definition) is 2. The van der Waals surface area contributed by atoms with Crippen LogP contribution in [0.3, 0.4) is 0 Å². The van der Waals surface area contributed by atoms with Crippen molar-refractivity contribution in [2.75, 3.05) is 0 Å². The Morgan fingerprint density at radius 3 is 2.62 bits per heavy atom. The van der Waals surface area contributed by atoms with E-state index in [9.17, 15) is 4.79 Å². The molecular weight excluding hydrogens is 322 g/mol. The highest BCUT2D eigenvalue weighted by atomic mass is 35.5. The third-order valence-electron chi connectivity index (χ3n) is 3.97. The molecule has 124 valence electrons. The number of carbonyl (C=O) groups is 1. The minimum Gasteiger partial charge on any atom is -0.349 e. The zero-order chi connectivity index (χ0) is 17.1. The Bertz CT molecular complexity index is 870. The number of nitrogens with zero attached hydrogens (tertiary/aromatic N) is 2. The van der Waals surface area contributed by atoms with E-state index in [0.717, 1.165) is 27.4 Å². The summed E-state index contributed by atoms with van der Waals surface area (Å²) in [7, 11) is 0. The van der Waals surface area contributed by atoms with E-state index in [0.29, 0.717) is 13.1 Å². The molecule has 0 spiro atoms. The standard InChI is InChI=1S/C19H20ClN3O/c1-13(2)19(24)21-11-18-22-16-9-5-6-10-17(16)23(18)12-14-7-3-4-8-15(14)20/h3-10,13H,11-12H2,1-2H3,(H,21,24). The second kappa shape index (κ2) is 7.05. The summed E-state index contributed by atoms with van der Waals surface area (Å²) in [6.45, 7) is 4.77. The predicted octanol–water partition coefficient (Wildman–Crippen LogP) is 4.01. The van der Waals surface area contributed by atoms with Crippen LogP contribution in [0, 0.1) is 5.92 Å². The van der Waals surface area contributed by atoms with Crippen LogP contribution in [0.1, 0.15) is 25.2 Å². The van der Waals surface area contributed by atoms with Crippen molar-refractivity contribution < 1.29 is 4.79 Å². The van der Waals surface area contributed by atoms with E-state index in [2.05, 4.69) is 14.9 Å².